The SMILES string of the molecule is CCCN(CCCCC(C)(C)C#N)c1ccc(N)cc1. The van der Waals surface area contributed by atoms with Crippen LogP contribution in [-0.2, 0) is 0 Å². The molecule has 0 fully saturated rings. The van der Waals surface area contributed by atoms with Crippen LogP contribution in [0, 0.1) is 16.7 Å². The highest BCUT2D eigenvalue weighted by molar-refractivity contribution is 5.53. The van der Waals surface area contributed by atoms with E-state index < -0.39 is 0 Å². The molecule has 0 aromatic heterocycles. The molecule has 0 aliphatic heterocycles. The van der Waals surface area contributed by atoms with Gasteiger partial charge in [-0.3, -0.25) is 0 Å². The van der Waals surface area contributed by atoms with Crippen LogP contribution in [0.2, 0.25) is 0 Å². The van der Waals surface area contributed by atoms with Crippen molar-refractivity contribution in [3.05, 3.63) is 24.3 Å². The Morgan fingerprint density at radius 2 is 1.80 bits per heavy atom. The second-order valence-electron chi connectivity index (χ2n) is 6.03. The first kappa shape index (κ1) is 16.4. The van der Waals surface area contributed by atoms with E-state index >= 15 is 0 Å². The van der Waals surface area contributed by atoms with Crippen molar-refractivity contribution in [2.24, 2.45) is 5.41 Å². The summed E-state index contributed by atoms with van der Waals surface area (Å²) in [4.78, 5) is 2.40. The Morgan fingerprint density at radius 1 is 1.15 bits per heavy atom. The number of nitrogen functional groups attached to an aromatic ring is 1. The molecule has 3 nitrogen and oxygen atoms in total. The van der Waals surface area contributed by atoms with Crippen molar-refractivity contribution in [1.29, 1.82) is 5.26 Å². The zero-order chi connectivity index (χ0) is 15.0. The van der Waals surface area contributed by atoms with Gasteiger partial charge in [0, 0.05) is 24.5 Å². The molecule has 1 aromatic carbocycles. The summed E-state index contributed by atoms with van der Waals surface area (Å²) in [6.45, 7) is 8.32. The lowest BCUT2D eigenvalue weighted by molar-refractivity contribution is 0.426. The summed E-state index contributed by atoms with van der Waals surface area (Å²) in [5.74, 6) is 0. The van der Waals surface area contributed by atoms with Crippen LogP contribution >= 0.6 is 0 Å². The number of benzene rings is 1. The third kappa shape index (κ3) is 5.52. The third-order valence-corrected chi connectivity index (χ3v) is 3.53. The lowest BCUT2D eigenvalue weighted by Crippen LogP contribution is -2.25. The van der Waals surface area contributed by atoms with Crippen LogP contribution in [0.5, 0.6) is 0 Å². The first-order valence-corrected chi connectivity index (χ1v) is 7.50. The molecule has 0 bridgehead atoms. The fourth-order valence-corrected chi connectivity index (χ4v) is 2.25. The fraction of sp³-hybridized carbons (Fsp3) is 0.588. The highest BCUT2D eigenvalue weighted by Gasteiger charge is 2.15. The molecule has 0 aliphatic rings. The van der Waals surface area contributed by atoms with Gasteiger partial charge in [0.1, 0.15) is 0 Å². The Hall–Kier alpha value is -1.69. The maximum atomic E-state index is 9.02. The second-order valence-corrected chi connectivity index (χ2v) is 6.03. The van der Waals surface area contributed by atoms with E-state index in [-0.39, 0.29) is 5.41 Å². The van der Waals surface area contributed by atoms with E-state index in [1.807, 2.05) is 26.0 Å². The number of nitriles is 1. The number of unbranched alkanes of at least 4 members (excludes halogenated alkanes) is 1. The molecular formula is C17H27N3. The van der Waals surface area contributed by atoms with Crippen LogP contribution < -0.4 is 10.6 Å². The van der Waals surface area contributed by atoms with Crippen molar-refractivity contribution < 1.29 is 0 Å². The molecule has 20 heavy (non-hydrogen) atoms. The quantitative estimate of drug-likeness (QED) is 0.570. The first-order valence-electron chi connectivity index (χ1n) is 7.50. The largest absolute Gasteiger partial charge is 0.399 e. The van der Waals surface area contributed by atoms with E-state index in [0.717, 1.165) is 44.5 Å². The van der Waals surface area contributed by atoms with Crippen molar-refractivity contribution in [1.82, 2.24) is 0 Å². The van der Waals surface area contributed by atoms with Crippen LogP contribution in [0.3, 0.4) is 0 Å². The highest BCUT2D eigenvalue weighted by Crippen LogP contribution is 2.23. The van der Waals surface area contributed by atoms with Gasteiger partial charge in [0.15, 0.2) is 0 Å². The van der Waals surface area contributed by atoms with Crippen molar-refractivity contribution in [2.45, 2.75) is 46.5 Å². The molecule has 0 unspecified atom stereocenters. The molecule has 0 saturated carbocycles. The van der Waals surface area contributed by atoms with Gasteiger partial charge in [-0.1, -0.05) is 13.3 Å². The summed E-state index contributed by atoms with van der Waals surface area (Å²) in [5.41, 5.74) is 7.58. The van der Waals surface area contributed by atoms with Crippen LogP contribution in [0.4, 0.5) is 11.4 Å². The van der Waals surface area contributed by atoms with Gasteiger partial charge in [-0.15, -0.1) is 0 Å². The average Bonchev–Trinajstić information content (AvgIpc) is 2.43. The van der Waals surface area contributed by atoms with E-state index in [0.29, 0.717) is 0 Å². The van der Waals surface area contributed by atoms with E-state index in [9.17, 15) is 0 Å². The van der Waals surface area contributed by atoms with Gasteiger partial charge < -0.3 is 10.6 Å². The molecule has 2 N–H and O–H groups in total. The van der Waals surface area contributed by atoms with Gasteiger partial charge in [0.05, 0.1) is 11.5 Å². The van der Waals surface area contributed by atoms with E-state index in [4.69, 9.17) is 11.0 Å². The normalized spacial score (nSPS) is 11.1. The Bertz CT molecular complexity index is 429. The minimum absolute atomic E-state index is 0.198. The van der Waals surface area contributed by atoms with Crippen LogP contribution in [-0.4, -0.2) is 13.1 Å². The van der Waals surface area contributed by atoms with Crippen molar-refractivity contribution >= 4 is 11.4 Å². The van der Waals surface area contributed by atoms with Gasteiger partial charge in [0.2, 0.25) is 0 Å². The molecule has 3 heteroatoms. The topological polar surface area (TPSA) is 53.0 Å². The van der Waals surface area contributed by atoms with Crippen LogP contribution in [0.15, 0.2) is 24.3 Å². The molecule has 0 amide bonds. The fourth-order valence-electron chi connectivity index (χ4n) is 2.25. The van der Waals surface area contributed by atoms with Crippen LogP contribution in [0.25, 0.3) is 0 Å². The van der Waals surface area contributed by atoms with Crippen molar-refractivity contribution in [3.8, 4) is 6.07 Å². The maximum Gasteiger partial charge on any atom is 0.0683 e. The van der Waals surface area contributed by atoms with E-state index in [2.05, 4.69) is 30.0 Å². The Labute approximate surface area is 123 Å². The number of hydrogen-bond donors (Lipinski definition) is 1. The molecule has 0 saturated heterocycles. The predicted molar refractivity (Wildman–Crippen MR) is 86.6 cm³/mol. The number of anilines is 2. The average molecular weight is 273 g/mol. The number of rotatable bonds is 8. The summed E-state index contributed by atoms with van der Waals surface area (Å²) in [6, 6.07) is 10.5. The lowest BCUT2D eigenvalue weighted by Gasteiger charge is -2.25. The standard InChI is InChI=1S/C17H27N3/c1-4-12-20(16-9-7-15(19)8-10-16)13-6-5-11-17(2,3)14-18/h7-10H,4-6,11-13,19H2,1-3H3. The summed E-state index contributed by atoms with van der Waals surface area (Å²) in [5, 5.41) is 9.02. The summed E-state index contributed by atoms with van der Waals surface area (Å²) >= 11 is 0. The Morgan fingerprint density at radius 3 is 2.35 bits per heavy atom. The molecule has 1 aromatic rings. The molecule has 0 spiro atoms. The molecule has 0 radical (unpaired) electrons. The maximum absolute atomic E-state index is 9.02. The molecule has 0 atom stereocenters. The number of nitrogens with two attached hydrogens (primary N) is 1. The van der Waals surface area contributed by atoms with Gasteiger partial charge in [-0.05, 0) is 57.4 Å². The van der Waals surface area contributed by atoms with E-state index in [1.54, 1.807) is 0 Å². The summed E-state index contributed by atoms with van der Waals surface area (Å²) < 4.78 is 0. The smallest absolute Gasteiger partial charge is 0.0683 e. The van der Waals surface area contributed by atoms with Crippen molar-refractivity contribution in [3.63, 3.8) is 0 Å². The third-order valence-electron chi connectivity index (χ3n) is 3.53. The Kier molecular flexibility index (Phi) is 6.38. The summed E-state index contributed by atoms with van der Waals surface area (Å²) in [6.07, 6.45) is 4.31. The molecular weight excluding hydrogens is 246 g/mol. The Balaban J connectivity index is 2.48. The number of nitrogens with zero attached hydrogens (tertiary/aromatic N) is 2. The minimum atomic E-state index is -0.198. The first-order chi connectivity index (χ1) is 9.48. The van der Waals surface area contributed by atoms with Crippen molar-refractivity contribution in [2.75, 3.05) is 23.7 Å². The second kappa shape index (κ2) is 7.79. The van der Waals surface area contributed by atoms with Gasteiger partial charge in [-0.2, -0.15) is 5.26 Å². The van der Waals surface area contributed by atoms with Gasteiger partial charge in [0.25, 0.3) is 0 Å². The molecule has 0 aliphatic carbocycles. The zero-order valence-electron chi connectivity index (χ0n) is 13.0. The van der Waals surface area contributed by atoms with Gasteiger partial charge in [-0.25, -0.2) is 0 Å². The number of hydrogen-bond acceptors (Lipinski definition) is 3. The summed E-state index contributed by atoms with van der Waals surface area (Å²) in [7, 11) is 0. The van der Waals surface area contributed by atoms with E-state index in [1.165, 1.54) is 5.69 Å². The highest BCUT2D eigenvalue weighted by atomic mass is 15.1. The van der Waals surface area contributed by atoms with Crippen LogP contribution in [0.1, 0.15) is 46.5 Å². The molecule has 0 heterocycles. The molecule has 1 rings (SSSR count). The minimum Gasteiger partial charge on any atom is -0.399 e. The monoisotopic (exact) mass is 273 g/mol. The lowest BCUT2D eigenvalue weighted by atomic mass is 9.89. The van der Waals surface area contributed by atoms with Gasteiger partial charge >= 0.3 is 0 Å². The molecule has 110 valence electrons. The zero-order valence-corrected chi connectivity index (χ0v) is 13.0. The predicted octanol–water partition coefficient (Wildman–Crippen LogP) is 4.21.